The number of nitrogens with zero attached hydrogens (tertiary/aromatic N) is 4. The molecule has 2 amide bonds. The van der Waals surface area contributed by atoms with Gasteiger partial charge in [0.15, 0.2) is 5.43 Å². The number of nitrogen functional groups attached to an aromatic ring is 1. The molecule has 0 spiro atoms. The van der Waals surface area contributed by atoms with Crippen LogP contribution in [-0.4, -0.2) is 49.2 Å². The number of amides is 2. The molecule has 2 aliphatic rings. The summed E-state index contributed by atoms with van der Waals surface area (Å²) < 4.78 is 2.07. The number of pyridine rings is 1. The standard InChI is InChI=1S/C28H29N7O3/c1-16-14-31-25(29)24-23(17-4-6-18(7-5-17)27(37)32-22-13-21(36)10-11-30-22)33-26(35(16)24)20-3-2-12-34(15-20)28(38)19-8-9-19/h4-7,10-11,13-14,19-20H,2-3,8-9,12,15H2,1H3,(H2,29,31)(H2,30,32,36,37)/t20-/m1/s1. The normalized spacial score (nSPS) is 17.5. The number of benzene rings is 1. The zero-order valence-corrected chi connectivity index (χ0v) is 21.1. The van der Waals surface area contributed by atoms with Gasteiger partial charge in [-0.25, -0.2) is 9.97 Å². The summed E-state index contributed by atoms with van der Waals surface area (Å²) >= 11 is 0. The first kappa shape index (κ1) is 23.9. The van der Waals surface area contributed by atoms with Crippen molar-refractivity contribution in [1.82, 2.24) is 24.3 Å². The molecular formula is C28H29N7O3. The molecule has 10 heteroatoms. The van der Waals surface area contributed by atoms with Gasteiger partial charge in [-0.1, -0.05) is 12.1 Å². The molecule has 1 aliphatic heterocycles. The summed E-state index contributed by atoms with van der Waals surface area (Å²) in [5.41, 5.74) is 9.76. The van der Waals surface area contributed by atoms with Gasteiger partial charge in [0.25, 0.3) is 5.91 Å². The number of nitrogens with two attached hydrogens (primary N) is 1. The molecule has 1 aliphatic carbocycles. The highest BCUT2D eigenvalue weighted by molar-refractivity contribution is 6.04. The number of nitrogens with one attached hydrogen (secondary N) is 2. The van der Waals surface area contributed by atoms with Crippen molar-refractivity contribution in [2.24, 2.45) is 5.92 Å². The number of aromatic amines is 1. The minimum Gasteiger partial charge on any atom is -0.382 e. The molecule has 0 unspecified atom stereocenters. The van der Waals surface area contributed by atoms with Gasteiger partial charge in [-0.3, -0.25) is 18.8 Å². The Morgan fingerprint density at radius 2 is 1.92 bits per heavy atom. The molecule has 38 heavy (non-hydrogen) atoms. The summed E-state index contributed by atoms with van der Waals surface area (Å²) in [6, 6.07) is 9.81. The molecule has 194 valence electrons. The molecular weight excluding hydrogens is 482 g/mol. The number of aromatic nitrogens is 4. The fourth-order valence-electron chi connectivity index (χ4n) is 5.26. The van der Waals surface area contributed by atoms with Crippen LogP contribution in [0.1, 0.15) is 53.5 Å². The second kappa shape index (κ2) is 9.44. The summed E-state index contributed by atoms with van der Waals surface area (Å²) in [5.74, 6) is 1.79. The van der Waals surface area contributed by atoms with Crippen LogP contribution in [0.25, 0.3) is 16.8 Å². The predicted molar refractivity (Wildman–Crippen MR) is 144 cm³/mol. The lowest BCUT2D eigenvalue weighted by molar-refractivity contribution is -0.133. The van der Waals surface area contributed by atoms with Crippen molar-refractivity contribution >= 4 is 29.0 Å². The summed E-state index contributed by atoms with van der Waals surface area (Å²) in [5, 5.41) is 2.70. The summed E-state index contributed by atoms with van der Waals surface area (Å²) in [7, 11) is 0. The van der Waals surface area contributed by atoms with E-state index in [9.17, 15) is 14.4 Å². The van der Waals surface area contributed by atoms with Gasteiger partial charge in [0.2, 0.25) is 5.91 Å². The minimum atomic E-state index is -0.339. The Morgan fingerprint density at radius 3 is 2.66 bits per heavy atom. The lowest BCUT2D eigenvalue weighted by atomic mass is 9.96. The molecule has 4 aromatic rings. The van der Waals surface area contributed by atoms with E-state index < -0.39 is 0 Å². The van der Waals surface area contributed by atoms with Gasteiger partial charge in [0.05, 0.1) is 0 Å². The van der Waals surface area contributed by atoms with Crippen LogP contribution in [0.15, 0.2) is 53.6 Å². The highest BCUT2D eigenvalue weighted by atomic mass is 16.2. The average molecular weight is 512 g/mol. The van der Waals surface area contributed by atoms with Crippen LogP contribution in [0.4, 0.5) is 11.6 Å². The molecule has 1 aromatic carbocycles. The van der Waals surface area contributed by atoms with Gasteiger partial charge in [-0.05, 0) is 44.7 Å². The Kier molecular flexibility index (Phi) is 5.94. The van der Waals surface area contributed by atoms with Crippen molar-refractivity contribution in [3.63, 3.8) is 0 Å². The second-order valence-corrected chi connectivity index (χ2v) is 10.2. The molecule has 4 heterocycles. The largest absolute Gasteiger partial charge is 0.382 e. The minimum absolute atomic E-state index is 0.0891. The fourth-order valence-corrected chi connectivity index (χ4v) is 5.26. The number of anilines is 2. The van der Waals surface area contributed by atoms with E-state index in [-0.39, 0.29) is 29.1 Å². The Bertz CT molecular complexity index is 1600. The second-order valence-electron chi connectivity index (χ2n) is 10.2. The van der Waals surface area contributed by atoms with E-state index in [2.05, 4.69) is 19.7 Å². The van der Waals surface area contributed by atoms with Crippen molar-refractivity contribution in [3.05, 3.63) is 76.1 Å². The fraction of sp³-hybridized carbons (Fsp3) is 0.321. The lowest BCUT2D eigenvalue weighted by Gasteiger charge is -2.32. The molecule has 1 atom stereocenters. The van der Waals surface area contributed by atoms with E-state index in [0.717, 1.165) is 54.8 Å². The SMILES string of the molecule is Cc1cnc(N)c2c(-c3ccc(C(=O)Nc4cc(=O)cc[nH]4)cc3)nc([C@@H]3CCCN(C(=O)C4CC4)C3)n12. The third kappa shape index (κ3) is 4.42. The van der Waals surface area contributed by atoms with Crippen LogP contribution in [0.2, 0.25) is 0 Å². The number of piperidine rings is 1. The maximum absolute atomic E-state index is 12.8. The number of rotatable bonds is 5. The maximum atomic E-state index is 12.8. The van der Waals surface area contributed by atoms with Crippen molar-refractivity contribution < 1.29 is 9.59 Å². The van der Waals surface area contributed by atoms with E-state index in [0.29, 0.717) is 29.4 Å². The third-order valence-electron chi connectivity index (χ3n) is 7.36. The van der Waals surface area contributed by atoms with Gasteiger partial charge in [-0.15, -0.1) is 0 Å². The first-order chi connectivity index (χ1) is 18.4. The highest BCUT2D eigenvalue weighted by Crippen LogP contribution is 2.37. The zero-order valence-electron chi connectivity index (χ0n) is 21.1. The zero-order chi connectivity index (χ0) is 26.4. The van der Waals surface area contributed by atoms with E-state index in [1.165, 1.54) is 18.3 Å². The average Bonchev–Trinajstić information content (AvgIpc) is 3.69. The first-order valence-electron chi connectivity index (χ1n) is 12.9. The molecule has 4 N–H and O–H groups in total. The highest BCUT2D eigenvalue weighted by Gasteiger charge is 2.37. The summed E-state index contributed by atoms with van der Waals surface area (Å²) in [4.78, 5) is 51.4. The number of carbonyl (C=O) groups excluding carboxylic acids is 2. The first-order valence-corrected chi connectivity index (χ1v) is 12.9. The van der Waals surface area contributed by atoms with Crippen molar-refractivity contribution in [2.45, 2.75) is 38.5 Å². The Hall–Kier alpha value is -4.47. The number of fused-ring (bicyclic) bond motifs is 1. The van der Waals surface area contributed by atoms with Crippen LogP contribution in [0.3, 0.4) is 0 Å². The molecule has 3 aromatic heterocycles. The number of likely N-dealkylation sites (tertiary alicyclic amines) is 1. The third-order valence-corrected chi connectivity index (χ3v) is 7.36. The molecule has 0 radical (unpaired) electrons. The van der Waals surface area contributed by atoms with Crippen molar-refractivity contribution in [1.29, 1.82) is 0 Å². The van der Waals surface area contributed by atoms with Crippen LogP contribution >= 0.6 is 0 Å². The smallest absolute Gasteiger partial charge is 0.256 e. The monoisotopic (exact) mass is 511 g/mol. The van der Waals surface area contributed by atoms with E-state index >= 15 is 0 Å². The van der Waals surface area contributed by atoms with Crippen LogP contribution < -0.4 is 16.5 Å². The van der Waals surface area contributed by atoms with E-state index in [4.69, 9.17) is 10.7 Å². The molecule has 1 saturated carbocycles. The quantitative estimate of drug-likeness (QED) is 0.376. The molecule has 1 saturated heterocycles. The van der Waals surface area contributed by atoms with E-state index in [1.807, 2.05) is 24.0 Å². The lowest BCUT2D eigenvalue weighted by Crippen LogP contribution is -2.40. The Morgan fingerprint density at radius 1 is 1.13 bits per heavy atom. The van der Waals surface area contributed by atoms with Crippen LogP contribution in [0, 0.1) is 12.8 Å². The number of hydrogen-bond acceptors (Lipinski definition) is 6. The Labute approximate surface area is 218 Å². The molecule has 6 rings (SSSR count). The molecule has 2 fully saturated rings. The van der Waals surface area contributed by atoms with Crippen molar-refractivity contribution in [3.8, 4) is 11.3 Å². The topological polar surface area (TPSA) is 138 Å². The number of carbonyl (C=O) groups is 2. The maximum Gasteiger partial charge on any atom is 0.256 e. The van der Waals surface area contributed by atoms with Gasteiger partial charge in [0.1, 0.15) is 28.7 Å². The molecule has 0 bridgehead atoms. The number of hydrogen-bond donors (Lipinski definition) is 3. The Balaban J connectivity index is 1.33. The number of H-pyrrole nitrogens is 1. The number of imidazole rings is 1. The summed E-state index contributed by atoms with van der Waals surface area (Å²) in [6.07, 6.45) is 7.09. The van der Waals surface area contributed by atoms with Gasteiger partial charge >= 0.3 is 0 Å². The van der Waals surface area contributed by atoms with E-state index in [1.54, 1.807) is 18.3 Å². The summed E-state index contributed by atoms with van der Waals surface area (Å²) in [6.45, 7) is 3.42. The van der Waals surface area contributed by atoms with Crippen LogP contribution in [-0.2, 0) is 4.79 Å². The van der Waals surface area contributed by atoms with Crippen molar-refractivity contribution in [2.75, 3.05) is 24.1 Å². The van der Waals surface area contributed by atoms with Gasteiger partial charge in [0, 0.05) is 66.3 Å². The van der Waals surface area contributed by atoms with Gasteiger partial charge in [-0.2, -0.15) is 0 Å². The molecule has 10 nitrogen and oxygen atoms in total. The van der Waals surface area contributed by atoms with Gasteiger partial charge < -0.3 is 20.9 Å². The number of aryl methyl sites for hydroxylation is 1. The predicted octanol–water partition coefficient (Wildman–Crippen LogP) is 3.34. The van der Waals surface area contributed by atoms with Crippen LogP contribution in [0.5, 0.6) is 0 Å².